The normalized spacial score (nSPS) is 16.7. The summed E-state index contributed by atoms with van der Waals surface area (Å²) in [5, 5.41) is 2.30. The first-order valence-electron chi connectivity index (χ1n) is 7.06. The summed E-state index contributed by atoms with van der Waals surface area (Å²) in [6, 6.07) is 0.261. The zero-order chi connectivity index (χ0) is 17.2. The molecule has 1 aliphatic carbocycles. The lowest BCUT2D eigenvalue weighted by atomic mass is 9.81. The maximum absolute atomic E-state index is 13.7. The Hall–Kier alpha value is -2.12. The van der Waals surface area contributed by atoms with Gasteiger partial charge in [0.05, 0.1) is 12.7 Å². The molecule has 2 rings (SSSR count). The van der Waals surface area contributed by atoms with Crippen LogP contribution in [0.15, 0.2) is 6.07 Å². The van der Waals surface area contributed by atoms with E-state index >= 15 is 0 Å². The van der Waals surface area contributed by atoms with Crippen molar-refractivity contribution < 1.29 is 31.9 Å². The molecule has 126 valence electrons. The standard InChI is InChI=1S/C15H15F4NO3/c1-23-14(22)15(5-3-2-4-6-15)20-13(21)8-7-9(16)11(18)12(19)10(8)17/h7H,2-6H2,1H3,(H,20,21). The van der Waals surface area contributed by atoms with Crippen LogP contribution in [0.2, 0.25) is 0 Å². The van der Waals surface area contributed by atoms with Gasteiger partial charge in [-0.2, -0.15) is 0 Å². The highest BCUT2D eigenvalue weighted by molar-refractivity contribution is 5.98. The minimum absolute atomic E-state index is 0.261. The summed E-state index contributed by atoms with van der Waals surface area (Å²) in [7, 11) is 1.14. The van der Waals surface area contributed by atoms with Gasteiger partial charge < -0.3 is 10.1 Å². The molecular weight excluding hydrogens is 318 g/mol. The zero-order valence-electron chi connectivity index (χ0n) is 12.3. The number of ether oxygens (including phenoxy) is 1. The lowest BCUT2D eigenvalue weighted by Crippen LogP contribution is -2.56. The van der Waals surface area contributed by atoms with Gasteiger partial charge >= 0.3 is 5.97 Å². The molecule has 8 heteroatoms. The molecule has 23 heavy (non-hydrogen) atoms. The molecule has 1 saturated carbocycles. The molecule has 1 N–H and O–H groups in total. The molecule has 4 nitrogen and oxygen atoms in total. The van der Waals surface area contributed by atoms with Crippen molar-refractivity contribution in [3.8, 4) is 0 Å². The van der Waals surface area contributed by atoms with Crippen LogP contribution in [-0.4, -0.2) is 24.5 Å². The Morgan fingerprint density at radius 1 is 1.04 bits per heavy atom. The van der Waals surface area contributed by atoms with E-state index in [4.69, 9.17) is 0 Å². The van der Waals surface area contributed by atoms with Gasteiger partial charge in [-0.05, 0) is 18.9 Å². The second kappa shape index (κ2) is 6.55. The average Bonchev–Trinajstić information content (AvgIpc) is 2.56. The summed E-state index contributed by atoms with van der Waals surface area (Å²) in [5.74, 6) is -9.49. The Morgan fingerprint density at radius 2 is 1.65 bits per heavy atom. The number of esters is 1. The van der Waals surface area contributed by atoms with Crippen LogP contribution in [0.25, 0.3) is 0 Å². The minimum atomic E-state index is -2.08. The Bertz CT molecular complexity index is 642. The fraction of sp³-hybridized carbons (Fsp3) is 0.467. The maximum Gasteiger partial charge on any atom is 0.331 e. The molecule has 0 bridgehead atoms. The number of methoxy groups -OCH3 is 1. The van der Waals surface area contributed by atoms with Gasteiger partial charge in [-0.15, -0.1) is 0 Å². The molecule has 0 saturated heterocycles. The molecule has 1 aromatic carbocycles. The van der Waals surface area contributed by atoms with Crippen molar-refractivity contribution in [3.05, 3.63) is 34.9 Å². The van der Waals surface area contributed by atoms with Crippen molar-refractivity contribution >= 4 is 11.9 Å². The molecule has 0 spiro atoms. The number of halogens is 4. The summed E-state index contributed by atoms with van der Waals surface area (Å²) in [6.45, 7) is 0. The van der Waals surface area contributed by atoms with Gasteiger partial charge in [0.2, 0.25) is 0 Å². The first-order chi connectivity index (χ1) is 10.8. The number of amides is 1. The van der Waals surface area contributed by atoms with Crippen molar-refractivity contribution in [2.45, 2.75) is 37.6 Å². The second-order valence-corrected chi connectivity index (χ2v) is 5.44. The Balaban J connectivity index is 2.35. The Morgan fingerprint density at radius 3 is 2.22 bits per heavy atom. The largest absolute Gasteiger partial charge is 0.467 e. The van der Waals surface area contributed by atoms with Gasteiger partial charge in [-0.1, -0.05) is 19.3 Å². The van der Waals surface area contributed by atoms with Crippen LogP contribution in [0.5, 0.6) is 0 Å². The van der Waals surface area contributed by atoms with Crippen molar-refractivity contribution in [1.29, 1.82) is 0 Å². The molecule has 1 aromatic rings. The van der Waals surface area contributed by atoms with E-state index in [1.807, 2.05) is 0 Å². The lowest BCUT2D eigenvalue weighted by molar-refractivity contribution is -0.149. The third-order valence-corrected chi connectivity index (χ3v) is 3.98. The van der Waals surface area contributed by atoms with E-state index < -0.39 is 46.2 Å². The van der Waals surface area contributed by atoms with E-state index in [2.05, 4.69) is 10.1 Å². The van der Waals surface area contributed by atoms with Crippen LogP contribution in [0.4, 0.5) is 17.6 Å². The zero-order valence-corrected chi connectivity index (χ0v) is 12.3. The van der Waals surface area contributed by atoms with E-state index in [0.29, 0.717) is 12.8 Å². The Kier molecular flexibility index (Phi) is 4.91. The predicted molar refractivity (Wildman–Crippen MR) is 71.6 cm³/mol. The van der Waals surface area contributed by atoms with Gasteiger partial charge in [0.25, 0.3) is 5.91 Å². The highest BCUT2D eigenvalue weighted by atomic mass is 19.2. The number of hydrogen-bond acceptors (Lipinski definition) is 3. The maximum atomic E-state index is 13.7. The highest BCUT2D eigenvalue weighted by Gasteiger charge is 2.42. The average molecular weight is 333 g/mol. The van der Waals surface area contributed by atoms with Gasteiger partial charge in [-0.25, -0.2) is 22.4 Å². The molecule has 0 unspecified atom stereocenters. The van der Waals surface area contributed by atoms with Crippen LogP contribution in [0.1, 0.15) is 42.5 Å². The molecule has 0 heterocycles. The van der Waals surface area contributed by atoms with Gasteiger partial charge in [0.1, 0.15) is 5.54 Å². The predicted octanol–water partition coefficient (Wildman–Crippen LogP) is 2.85. The van der Waals surface area contributed by atoms with Crippen molar-refractivity contribution in [2.24, 2.45) is 0 Å². The molecule has 0 aromatic heterocycles. The van der Waals surface area contributed by atoms with Crippen LogP contribution in [0, 0.1) is 23.3 Å². The van der Waals surface area contributed by atoms with E-state index in [1.165, 1.54) is 0 Å². The number of nitrogens with one attached hydrogen (secondary N) is 1. The molecule has 0 atom stereocenters. The monoisotopic (exact) mass is 333 g/mol. The van der Waals surface area contributed by atoms with E-state index in [0.717, 1.165) is 13.5 Å². The number of carbonyl (C=O) groups excluding carboxylic acids is 2. The third-order valence-electron chi connectivity index (χ3n) is 3.98. The summed E-state index contributed by atoms with van der Waals surface area (Å²) in [6.07, 6.45) is 2.63. The van der Waals surface area contributed by atoms with Crippen molar-refractivity contribution in [1.82, 2.24) is 5.32 Å². The molecule has 1 fully saturated rings. The summed E-state index contributed by atoms with van der Waals surface area (Å²) in [5.41, 5.74) is -2.38. The van der Waals surface area contributed by atoms with Gasteiger partial charge in [-0.3, -0.25) is 4.79 Å². The fourth-order valence-electron chi connectivity index (χ4n) is 2.75. The SMILES string of the molecule is COC(=O)C1(NC(=O)c2cc(F)c(F)c(F)c2F)CCCCC1. The summed E-state index contributed by atoms with van der Waals surface area (Å²) < 4.78 is 57.8. The van der Waals surface area contributed by atoms with E-state index in [9.17, 15) is 27.2 Å². The number of rotatable bonds is 3. The van der Waals surface area contributed by atoms with Crippen LogP contribution < -0.4 is 5.32 Å². The topological polar surface area (TPSA) is 55.4 Å². The summed E-state index contributed by atoms with van der Waals surface area (Å²) in [4.78, 5) is 24.2. The second-order valence-electron chi connectivity index (χ2n) is 5.44. The smallest absolute Gasteiger partial charge is 0.331 e. The van der Waals surface area contributed by atoms with Gasteiger partial charge in [0.15, 0.2) is 23.3 Å². The third kappa shape index (κ3) is 3.16. The molecular formula is C15H15F4NO3. The van der Waals surface area contributed by atoms with E-state index in [1.54, 1.807) is 0 Å². The van der Waals surface area contributed by atoms with E-state index in [-0.39, 0.29) is 18.9 Å². The number of hydrogen-bond donors (Lipinski definition) is 1. The quantitative estimate of drug-likeness (QED) is 0.400. The Labute approximate surface area is 129 Å². The fourth-order valence-corrected chi connectivity index (χ4v) is 2.75. The van der Waals surface area contributed by atoms with Crippen LogP contribution in [-0.2, 0) is 9.53 Å². The first-order valence-corrected chi connectivity index (χ1v) is 7.06. The molecule has 0 aliphatic heterocycles. The lowest BCUT2D eigenvalue weighted by Gasteiger charge is -2.35. The molecule has 1 aliphatic rings. The number of carbonyl (C=O) groups is 2. The molecule has 1 amide bonds. The summed E-state index contributed by atoms with van der Waals surface area (Å²) >= 11 is 0. The van der Waals surface area contributed by atoms with Crippen LogP contribution >= 0.6 is 0 Å². The minimum Gasteiger partial charge on any atom is -0.467 e. The highest BCUT2D eigenvalue weighted by Crippen LogP contribution is 2.30. The van der Waals surface area contributed by atoms with Crippen LogP contribution in [0.3, 0.4) is 0 Å². The van der Waals surface area contributed by atoms with Crippen molar-refractivity contribution in [3.63, 3.8) is 0 Å². The number of benzene rings is 1. The first kappa shape index (κ1) is 17.2. The molecule has 0 radical (unpaired) electrons. The van der Waals surface area contributed by atoms with Crippen molar-refractivity contribution in [2.75, 3.05) is 7.11 Å². The van der Waals surface area contributed by atoms with Gasteiger partial charge in [0, 0.05) is 0 Å².